The van der Waals surface area contributed by atoms with Gasteiger partial charge in [-0.25, -0.2) is 4.57 Å². The maximum absolute atomic E-state index is 10.5. The second-order valence-corrected chi connectivity index (χ2v) is 5.13. The lowest BCUT2D eigenvalue weighted by Crippen LogP contribution is -2.16. The van der Waals surface area contributed by atoms with E-state index in [1.807, 2.05) is 0 Å². The molecule has 0 bridgehead atoms. The fourth-order valence-corrected chi connectivity index (χ4v) is 2.09. The van der Waals surface area contributed by atoms with Crippen LogP contribution < -0.4 is 0 Å². The van der Waals surface area contributed by atoms with Crippen molar-refractivity contribution >= 4 is 7.82 Å². The Balaban J connectivity index is 2.16. The quantitative estimate of drug-likeness (QED) is 0.690. The first kappa shape index (κ1) is 13.1. The Morgan fingerprint density at radius 1 is 1.40 bits per heavy atom. The summed E-state index contributed by atoms with van der Waals surface area (Å²) < 4.78 is 20.5. The number of unbranched alkanes of at least 4 members (excludes halogenated alkanes) is 1. The zero-order valence-corrected chi connectivity index (χ0v) is 9.86. The van der Waals surface area contributed by atoms with E-state index >= 15 is 0 Å². The van der Waals surface area contributed by atoms with Crippen molar-refractivity contribution in [1.82, 2.24) is 0 Å². The molecule has 90 valence electrons. The number of rotatable bonds is 6. The Hall–Kier alpha value is 0.0700. The monoisotopic (exact) mass is 238 g/mol. The molecule has 0 saturated carbocycles. The van der Waals surface area contributed by atoms with E-state index in [2.05, 4.69) is 11.4 Å². The van der Waals surface area contributed by atoms with Crippen molar-refractivity contribution in [2.45, 2.75) is 51.2 Å². The van der Waals surface area contributed by atoms with Gasteiger partial charge in [0.2, 0.25) is 0 Å². The number of phosphoric ester groups is 1. The van der Waals surface area contributed by atoms with Crippen LogP contribution in [0.25, 0.3) is 0 Å². The van der Waals surface area contributed by atoms with Crippen LogP contribution in [-0.4, -0.2) is 28.6 Å². The first-order valence-electron chi connectivity index (χ1n) is 5.37. The van der Waals surface area contributed by atoms with Crippen LogP contribution in [0.2, 0.25) is 0 Å². The van der Waals surface area contributed by atoms with E-state index in [-0.39, 0.29) is 18.8 Å². The molecule has 1 fully saturated rings. The minimum atomic E-state index is -4.34. The highest BCUT2D eigenvalue weighted by atomic mass is 31.2. The van der Waals surface area contributed by atoms with Crippen LogP contribution in [0.1, 0.15) is 39.0 Å². The first-order valence-corrected chi connectivity index (χ1v) is 6.90. The fraction of sp³-hybridized carbons (Fsp3) is 1.00. The molecule has 2 N–H and O–H groups in total. The van der Waals surface area contributed by atoms with Crippen molar-refractivity contribution in [3.63, 3.8) is 0 Å². The van der Waals surface area contributed by atoms with Crippen LogP contribution in [0.4, 0.5) is 0 Å². The topological polar surface area (TPSA) is 76.0 Å². The molecule has 1 aliphatic rings. The lowest BCUT2D eigenvalue weighted by Gasteiger charge is -2.13. The zero-order chi connectivity index (χ0) is 11.3. The molecule has 6 heteroatoms. The van der Waals surface area contributed by atoms with Gasteiger partial charge < -0.3 is 14.5 Å². The van der Waals surface area contributed by atoms with Crippen LogP contribution in [0.5, 0.6) is 0 Å². The highest BCUT2D eigenvalue weighted by Gasteiger charge is 2.27. The molecule has 5 nitrogen and oxygen atoms in total. The Kier molecular flexibility index (Phi) is 5.23. The molecule has 1 saturated heterocycles. The van der Waals surface area contributed by atoms with Crippen LogP contribution in [0.3, 0.4) is 0 Å². The molecule has 0 aromatic heterocycles. The van der Waals surface area contributed by atoms with Gasteiger partial charge in [-0.1, -0.05) is 19.8 Å². The molecule has 15 heavy (non-hydrogen) atoms. The summed E-state index contributed by atoms with van der Waals surface area (Å²) in [5, 5.41) is 0. The summed E-state index contributed by atoms with van der Waals surface area (Å²) in [6, 6.07) is 0. The molecule has 1 rings (SSSR count). The number of phosphoric acid groups is 1. The Morgan fingerprint density at radius 3 is 2.67 bits per heavy atom. The summed E-state index contributed by atoms with van der Waals surface area (Å²) in [4.78, 5) is 17.0. The summed E-state index contributed by atoms with van der Waals surface area (Å²) in [5.74, 6) is 0. The van der Waals surface area contributed by atoms with Crippen molar-refractivity contribution in [1.29, 1.82) is 0 Å². The van der Waals surface area contributed by atoms with Gasteiger partial charge in [-0.05, 0) is 19.3 Å². The molecule has 0 aliphatic carbocycles. The number of hydrogen-bond donors (Lipinski definition) is 2. The van der Waals surface area contributed by atoms with E-state index in [1.165, 1.54) is 0 Å². The summed E-state index contributed by atoms with van der Waals surface area (Å²) in [6.07, 6.45) is 5.20. The van der Waals surface area contributed by atoms with E-state index < -0.39 is 7.82 Å². The van der Waals surface area contributed by atoms with E-state index in [1.54, 1.807) is 0 Å². The fourth-order valence-electron chi connectivity index (χ4n) is 1.73. The molecule has 0 spiro atoms. The maximum atomic E-state index is 10.5. The third-order valence-corrected chi connectivity index (χ3v) is 2.99. The van der Waals surface area contributed by atoms with Gasteiger partial charge >= 0.3 is 7.82 Å². The number of hydrogen-bond acceptors (Lipinski definition) is 3. The van der Waals surface area contributed by atoms with Gasteiger partial charge in [-0.3, -0.25) is 4.52 Å². The molecule has 0 unspecified atom stereocenters. The molecule has 0 amide bonds. The highest BCUT2D eigenvalue weighted by molar-refractivity contribution is 7.46. The summed E-state index contributed by atoms with van der Waals surface area (Å²) >= 11 is 0. The Labute approximate surface area is 90.0 Å². The summed E-state index contributed by atoms with van der Waals surface area (Å²) in [6.45, 7) is 2.12. The van der Waals surface area contributed by atoms with E-state index in [0.717, 1.165) is 32.1 Å². The van der Waals surface area contributed by atoms with Crippen molar-refractivity contribution in [2.75, 3.05) is 6.61 Å². The third kappa shape index (κ3) is 5.64. The minimum absolute atomic E-state index is 0.00704. The predicted molar refractivity (Wildman–Crippen MR) is 55.4 cm³/mol. The molecule has 0 aromatic rings. The number of ether oxygens (including phenoxy) is 1. The molecule has 2 atom stereocenters. The minimum Gasteiger partial charge on any atom is -0.373 e. The van der Waals surface area contributed by atoms with Gasteiger partial charge in [0.25, 0.3) is 0 Å². The first-order chi connectivity index (χ1) is 7.01. The summed E-state index contributed by atoms with van der Waals surface area (Å²) in [5.41, 5.74) is 0. The normalized spacial score (nSPS) is 27.1. The van der Waals surface area contributed by atoms with Crippen molar-refractivity contribution < 1.29 is 23.6 Å². The standard InChI is InChI=1S/C9H19O5P/c1-2-3-4-8-5-6-9(14-8)7-13-15(10,11)12/h8-9H,2-7H2,1H3,(H2,10,11,12)/t8-,9-/m0/s1. The highest BCUT2D eigenvalue weighted by Crippen LogP contribution is 2.37. The van der Waals surface area contributed by atoms with Gasteiger partial charge in [0.05, 0.1) is 18.8 Å². The van der Waals surface area contributed by atoms with Crippen molar-refractivity contribution in [2.24, 2.45) is 0 Å². The van der Waals surface area contributed by atoms with E-state index in [0.29, 0.717) is 0 Å². The third-order valence-electron chi connectivity index (χ3n) is 2.50. The second kappa shape index (κ2) is 5.97. The molecular weight excluding hydrogens is 219 g/mol. The van der Waals surface area contributed by atoms with Gasteiger partial charge in [0, 0.05) is 0 Å². The van der Waals surface area contributed by atoms with E-state index in [4.69, 9.17) is 14.5 Å². The van der Waals surface area contributed by atoms with Crippen LogP contribution in [0, 0.1) is 0 Å². The molecule has 1 aliphatic heterocycles. The SMILES string of the molecule is CCCC[C@H]1CC[C@@H](COP(=O)(O)O)O1. The van der Waals surface area contributed by atoms with Crippen LogP contribution in [-0.2, 0) is 13.8 Å². The average molecular weight is 238 g/mol. The smallest absolute Gasteiger partial charge is 0.373 e. The maximum Gasteiger partial charge on any atom is 0.469 e. The Bertz CT molecular complexity index is 227. The second-order valence-electron chi connectivity index (χ2n) is 3.89. The van der Waals surface area contributed by atoms with Crippen molar-refractivity contribution in [3.05, 3.63) is 0 Å². The van der Waals surface area contributed by atoms with Crippen molar-refractivity contribution in [3.8, 4) is 0 Å². The molecular formula is C9H19O5P. The average Bonchev–Trinajstić information content (AvgIpc) is 2.58. The predicted octanol–water partition coefficient (Wildman–Crippen LogP) is 1.83. The van der Waals surface area contributed by atoms with Gasteiger partial charge in [-0.15, -0.1) is 0 Å². The largest absolute Gasteiger partial charge is 0.469 e. The summed E-state index contributed by atoms with van der Waals surface area (Å²) in [7, 11) is -4.34. The van der Waals surface area contributed by atoms with Gasteiger partial charge in [0.15, 0.2) is 0 Å². The molecule has 0 radical (unpaired) electrons. The lowest BCUT2D eigenvalue weighted by atomic mass is 10.1. The van der Waals surface area contributed by atoms with Gasteiger partial charge in [-0.2, -0.15) is 0 Å². The van der Waals surface area contributed by atoms with Crippen LogP contribution >= 0.6 is 7.82 Å². The van der Waals surface area contributed by atoms with Gasteiger partial charge in [0.1, 0.15) is 0 Å². The molecule has 1 heterocycles. The Morgan fingerprint density at radius 2 is 2.07 bits per heavy atom. The zero-order valence-electron chi connectivity index (χ0n) is 8.96. The van der Waals surface area contributed by atoms with Crippen LogP contribution in [0.15, 0.2) is 0 Å². The lowest BCUT2D eigenvalue weighted by molar-refractivity contribution is 0.00707. The molecule has 0 aromatic carbocycles. The van der Waals surface area contributed by atoms with E-state index in [9.17, 15) is 4.57 Å².